The van der Waals surface area contributed by atoms with E-state index in [2.05, 4.69) is 6.92 Å². The Morgan fingerprint density at radius 3 is 1.71 bits per heavy atom. The Hall–Kier alpha value is -2.29. The van der Waals surface area contributed by atoms with E-state index in [1.165, 1.54) is 0 Å². The summed E-state index contributed by atoms with van der Waals surface area (Å²) in [6.45, 7) is 5.30. The minimum Gasteiger partial charge on any atom is -0.494 e. The van der Waals surface area contributed by atoms with Crippen LogP contribution in [0.2, 0.25) is 0 Å². The molecule has 0 atom stereocenters. The van der Waals surface area contributed by atoms with Crippen molar-refractivity contribution >= 4 is 5.78 Å². The molecule has 0 aromatic heterocycles. The molecule has 21 heavy (non-hydrogen) atoms. The third-order valence-electron chi connectivity index (χ3n) is 3.02. The van der Waals surface area contributed by atoms with E-state index in [0.717, 1.165) is 17.9 Å². The highest BCUT2D eigenvalue weighted by atomic mass is 16.5. The monoisotopic (exact) mass is 284 g/mol. The summed E-state index contributed by atoms with van der Waals surface area (Å²) in [6, 6.07) is 14.5. The van der Waals surface area contributed by atoms with Crippen molar-refractivity contribution in [2.45, 2.75) is 20.3 Å². The number of carbonyl (C=O) groups excluding carboxylic acids is 1. The predicted molar refractivity (Wildman–Crippen MR) is 83.3 cm³/mol. The Kier molecular flexibility index (Phi) is 5.38. The van der Waals surface area contributed by atoms with Crippen molar-refractivity contribution in [3.63, 3.8) is 0 Å². The molecule has 0 aliphatic carbocycles. The Bertz CT molecular complexity index is 570. The van der Waals surface area contributed by atoms with Gasteiger partial charge >= 0.3 is 0 Å². The Labute approximate surface area is 125 Å². The van der Waals surface area contributed by atoms with Crippen LogP contribution in [0.3, 0.4) is 0 Å². The van der Waals surface area contributed by atoms with Crippen molar-refractivity contribution in [3.8, 4) is 11.5 Å². The molecule has 0 aliphatic heterocycles. The van der Waals surface area contributed by atoms with Crippen LogP contribution in [-0.4, -0.2) is 19.0 Å². The van der Waals surface area contributed by atoms with Crippen LogP contribution in [-0.2, 0) is 0 Å². The fourth-order valence-electron chi connectivity index (χ4n) is 1.96. The molecule has 0 fully saturated rings. The average Bonchev–Trinajstić information content (AvgIpc) is 2.54. The van der Waals surface area contributed by atoms with Gasteiger partial charge in [0.25, 0.3) is 0 Å². The molecule has 0 saturated carbocycles. The zero-order chi connectivity index (χ0) is 15.1. The second-order valence-corrected chi connectivity index (χ2v) is 4.66. The zero-order valence-electron chi connectivity index (χ0n) is 12.5. The molecule has 2 rings (SSSR count). The molecular formula is C18H20O3. The van der Waals surface area contributed by atoms with E-state index < -0.39 is 0 Å². The van der Waals surface area contributed by atoms with E-state index in [0.29, 0.717) is 24.3 Å². The first-order valence-corrected chi connectivity index (χ1v) is 7.25. The molecule has 0 heterocycles. The summed E-state index contributed by atoms with van der Waals surface area (Å²) < 4.78 is 10.9. The molecule has 0 spiro atoms. The summed E-state index contributed by atoms with van der Waals surface area (Å²) in [5.41, 5.74) is 1.31. The highest BCUT2D eigenvalue weighted by Gasteiger charge is 2.09. The van der Waals surface area contributed by atoms with Gasteiger partial charge in [-0.2, -0.15) is 0 Å². The summed E-state index contributed by atoms with van der Waals surface area (Å²) >= 11 is 0. The number of rotatable bonds is 7. The lowest BCUT2D eigenvalue weighted by atomic mass is 10.0. The van der Waals surface area contributed by atoms with E-state index in [9.17, 15) is 4.79 Å². The van der Waals surface area contributed by atoms with Crippen LogP contribution in [0.4, 0.5) is 0 Å². The SMILES string of the molecule is CCCOc1ccc(C(=O)c2ccc(OCC)cc2)cc1. The largest absolute Gasteiger partial charge is 0.494 e. The smallest absolute Gasteiger partial charge is 0.193 e. The normalized spacial score (nSPS) is 10.2. The second-order valence-electron chi connectivity index (χ2n) is 4.66. The molecule has 0 saturated heterocycles. The van der Waals surface area contributed by atoms with Crippen LogP contribution in [0.15, 0.2) is 48.5 Å². The van der Waals surface area contributed by atoms with Gasteiger partial charge in [0, 0.05) is 11.1 Å². The van der Waals surface area contributed by atoms with E-state index in [1.54, 1.807) is 24.3 Å². The maximum absolute atomic E-state index is 12.4. The number of hydrogen-bond acceptors (Lipinski definition) is 3. The van der Waals surface area contributed by atoms with Gasteiger partial charge in [-0.15, -0.1) is 0 Å². The van der Waals surface area contributed by atoms with Gasteiger partial charge in [-0.1, -0.05) is 6.92 Å². The quantitative estimate of drug-likeness (QED) is 0.718. The van der Waals surface area contributed by atoms with Crippen molar-refractivity contribution in [3.05, 3.63) is 59.7 Å². The molecule has 0 amide bonds. The predicted octanol–water partition coefficient (Wildman–Crippen LogP) is 4.11. The average molecular weight is 284 g/mol. The first kappa shape index (κ1) is 15.1. The van der Waals surface area contributed by atoms with Crippen molar-refractivity contribution in [1.82, 2.24) is 0 Å². The van der Waals surface area contributed by atoms with Crippen molar-refractivity contribution in [2.75, 3.05) is 13.2 Å². The third-order valence-corrected chi connectivity index (χ3v) is 3.02. The van der Waals surface area contributed by atoms with Crippen LogP contribution < -0.4 is 9.47 Å². The summed E-state index contributed by atoms with van der Waals surface area (Å²) in [5.74, 6) is 1.57. The van der Waals surface area contributed by atoms with E-state index in [4.69, 9.17) is 9.47 Å². The van der Waals surface area contributed by atoms with E-state index in [-0.39, 0.29) is 5.78 Å². The van der Waals surface area contributed by atoms with Crippen molar-refractivity contribution < 1.29 is 14.3 Å². The highest BCUT2D eigenvalue weighted by molar-refractivity contribution is 6.09. The number of ketones is 1. The van der Waals surface area contributed by atoms with Crippen LogP contribution in [0.5, 0.6) is 11.5 Å². The molecule has 3 heteroatoms. The van der Waals surface area contributed by atoms with Gasteiger partial charge in [-0.05, 0) is 61.9 Å². The first-order valence-electron chi connectivity index (χ1n) is 7.25. The van der Waals surface area contributed by atoms with Gasteiger partial charge in [-0.3, -0.25) is 4.79 Å². The molecule has 0 aliphatic rings. The standard InChI is InChI=1S/C18H20O3/c1-3-13-21-17-11-7-15(8-12-17)18(19)14-5-9-16(10-6-14)20-4-2/h5-12H,3-4,13H2,1-2H3. The molecule has 3 nitrogen and oxygen atoms in total. The lowest BCUT2D eigenvalue weighted by Crippen LogP contribution is -2.02. The Morgan fingerprint density at radius 2 is 1.29 bits per heavy atom. The number of carbonyl (C=O) groups is 1. The number of ether oxygens (including phenoxy) is 2. The number of hydrogen-bond donors (Lipinski definition) is 0. The second kappa shape index (κ2) is 7.48. The van der Waals surface area contributed by atoms with Gasteiger partial charge in [0.05, 0.1) is 13.2 Å². The minimum atomic E-state index is 0.0000833. The lowest BCUT2D eigenvalue weighted by molar-refractivity contribution is 0.103. The van der Waals surface area contributed by atoms with E-state index in [1.807, 2.05) is 31.2 Å². The van der Waals surface area contributed by atoms with E-state index >= 15 is 0 Å². The molecule has 0 unspecified atom stereocenters. The van der Waals surface area contributed by atoms with Gasteiger partial charge in [0.2, 0.25) is 0 Å². The third kappa shape index (κ3) is 4.09. The Morgan fingerprint density at radius 1 is 0.810 bits per heavy atom. The molecule has 110 valence electrons. The van der Waals surface area contributed by atoms with Gasteiger partial charge in [0.15, 0.2) is 5.78 Å². The van der Waals surface area contributed by atoms with Gasteiger partial charge in [-0.25, -0.2) is 0 Å². The van der Waals surface area contributed by atoms with Crippen LogP contribution in [0.25, 0.3) is 0 Å². The number of benzene rings is 2. The van der Waals surface area contributed by atoms with Crippen molar-refractivity contribution in [2.24, 2.45) is 0 Å². The van der Waals surface area contributed by atoms with Gasteiger partial charge in [0.1, 0.15) is 11.5 Å². The fraction of sp³-hybridized carbons (Fsp3) is 0.278. The van der Waals surface area contributed by atoms with Crippen molar-refractivity contribution in [1.29, 1.82) is 0 Å². The molecule has 2 aromatic rings. The molecule has 0 bridgehead atoms. The van der Waals surface area contributed by atoms with Crippen LogP contribution in [0.1, 0.15) is 36.2 Å². The molecule has 2 aromatic carbocycles. The minimum absolute atomic E-state index is 0.0000833. The maximum Gasteiger partial charge on any atom is 0.193 e. The summed E-state index contributed by atoms with van der Waals surface area (Å²) in [7, 11) is 0. The van der Waals surface area contributed by atoms with Gasteiger partial charge < -0.3 is 9.47 Å². The first-order chi connectivity index (χ1) is 10.2. The molecular weight excluding hydrogens is 264 g/mol. The van der Waals surface area contributed by atoms with Crippen LogP contribution >= 0.6 is 0 Å². The summed E-state index contributed by atoms with van der Waals surface area (Å²) in [6.07, 6.45) is 0.965. The molecule has 0 N–H and O–H groups in total. The fourth-order valence-corrected chi connectivity index (χ4v) is 1.96. The van der Waals surface area contributed by atoms with Crippen LogP contribution in [0, 0.1) is 0 Å². The summed E-state index contributed by atoms with van der Waals surface area (Å²) in [5, 5.41) is 0. The molecule has 0 radical (unpaired) electrons. The highest BCUT2D eigenvalue weighted by Crippen LogP contribution is 2.18. The topological polar surface area (TPSA) is 35.5 Å². The lowest BCUT2D eigenvalue weighted by Gasteiger charge is -2.07. The Balaban J connectivity index is 2.08. The zero-order valence-corrected chi connectivity index (χ0v) is 12.5. The maximum atomic E-state index is 12.4. The summed E-state index contributed by atoms with van der Waals surface area (Å²) in [4.78, 5) is 12.4.